The van der Waals surface area contributed by atoms with Gasteiger partial charge in [0, 0.05) is 13.1 Å². The molecule has 0 N–H and O–H groups in total. The summed E-state index contributed by atoms with van der Waals surface area (Å²) in [5.74, 6) is -0.215. The molecule has 1 rings (SSSR count). The molecule has 0 aromatic rings. The highest BCUT2D eigenvalue weighted by molar-refractivity contribution is 5.81. The lowest BCUT2D eigenvalue weighted by Crippen LogP contribution is -2.37. The summed E-state index contributed by atoms with van der Waals surface area (Å²) in [7, 11) is 0. The standard InChI is InChI=1S/C13H23NO3/c1-3-8-14(9-4-2)12(15)10-17-13(16)11-6-5-7-11/h11H,3-10H2,1-2H3. The number of hydrogen-bond acceptors (Lipinski definition) is 3. The highest BCUT2D eigenvalue weighted by Gasteiger charge is 2.27. The molecule has 0 aromatic heterocycles. The fourth-order valence-electron chi connectivity index (χ4n) is 1.89. The Balaban J connectivity index is 2.27. The average molecular weight is 241 g/mol. The molecule has 1 saturated carbocycles. The second-order valence-corrected chi connectivity index (χ2v) is 4.62. The maximum absolute atomic E-state index is 11.8. The number of rotatable bonds is 7. The number of ether oxygens (including phenoxy) is 1. The highest BCUT2D eigenvalue weighted by Crippen LogP contribution is 2.27. The van der Waals surface area contributed by atoms with Gasteiger partial charge in [-0.3, -0.25) is 9.59 Å². The zero-order valence-electron chi connectivity index (χ0n) is 10.9. The molecule has 0 unspecified atom stereocenters. The van der Waals surface area contributed by atoms with Crippen LogP contribution in [0.3, 0.4) is 0 Å². The van der Waals surface area contributed by atoms with Gasteiger partial charge < -0.3 is 9.64 Å². The van der Waals surface area contributed by atoms with Crippen LogP contribution in [0.5, 0.6) is 0 Å². The van der Waals surface area contributed by atoms with Crippen molar-refractivity contribution >= 4 is 11.9 Å². The Morgan fingerprint density at radius 1 is 1.18 bits per heavy atom. The van der Waals surface area contributed by atoms with Crippen molar-refractivity contribution in [1.82, 2.24) is 4.90 Å². The topological polar surface area (TPSA) is 46.6 Å². The summed E-state index contributed by atoms with van der Waals surface area (Å²) in [6.07, 6.45) is 4.80. The van der Waals surface area contributed by atoms with Gasteiger partial charge in [0.05, 0.1) is 5.92 Å². The van der Waals surface area contributed by atoms with E-state index in [0.29, 0.717) is 0 Å². The van der Waals surface area contributed by atoms with Crippen LogP contribution in [0.4, 0.5) is 0 Å². The largest absolute Gasteiger partial charge is 0.455 e. The molecule has 1 amide bonds. The summed E-state index contributed by atoms with van der Waals surface area (Å²) >= 11 is 0. The zero-order chi connectivity index (χ0) is 12.7. The van der Waals surface area contributed by atoms with Crippen LogP contribution in [0.15, 0.2) is 0 Å². The molecule has 0 aromatic carbocycles. The van der Waals surface area contributed by atoms with Gasteiger partial charge in [-0.2, -0.15) is 0 Å². The normalized spacial score (nSPS) is 15.2. The van der Waals surface area contributed by atoms with Crippen LogP contribution in [-0.4, -0.2) is 36.5 Å². The third kappa shape index (κ3) is 4.36. The van der Waals surface area contributed by atoms with E-state index >= 15 is 0 Å². The second-order valence-electron chi connectivity index (χ2n) is 4.62. The van der Waals surface area contributed by atoms with Crippen molar-refractivity contribution < 1.29 is 14.3 Å². The van der Waals surface area contributed by atoms with Gasteiger partial charge in [0.2, 0.25) is 0 Å². The summed E-state index contributed by atoms with van der Waals surface area (Å²) in [4.78, 5) is 25.1. The van der Waals surface area contributed by atoms with Gasteiger partial charge in [-0.05, 0) is 25.7 Å². The number of carbonyl (C=O) groups excluding carboxylic acids is 2. The summed E-state index contributed by atoms with van der Waals surface area (Å²) < 4.78 is 5.05. The average Bonchev–Trinajstić information content (AvgIpc) is 2.23. The van der Waals surface area contributed by atoms with Crippen molar-refractivity contribution in [1.29, 1.82) is 0 Å². The summed E-state index contributed by atoms with van der Waals surface area (Å²) in [5, 5.41) is 0. The lowest BCUT2D eigenvalue weighted by molar-refractivity contribution is -0.157. The van der Waals surface area contributed by atoms with Crippen LogP contribution >= 0.6 is 0 Å². The van der Waals surface area contributed by atoms with Crippen LogP contribution in [0, 0.1) is 5.92 Å². The van der Waals surface area contributed by atoms with Gasteiger partial charge in [-0.25, -0.2) is 0 Å². The summed E-state index contributed by atoms with van der Waals surface area (Å²) in [5.41, 5.74) is 0. The quantitative estimate of drug-likeness (QED) is 0.640. The molecule has 0 spiro atoms. The number of hydrogen-bond donors (Lipinski definition) is 0. The van der Waals surface area contributed by atoms with Gasteiger partial charge in [0.1, 0.15) is 0 Å². The van der Waals surface area contributed by atoms with Crippen LogP contribution in [0.1, 0.15) is 46.0 Å². The lowest BCUT2D eigenvalue weighted by atomic mass is 9.86. The molecule has 98 valence electrons. The smallest absolute Gasteiger partial charge is 0.309 e. The second kappa shape index (κ2) is 7.30. The molecule has 0 atom stereocenters. The minimum atomic E-state index is -0.197. The van der Waals surface area contributed by atoms with Crippen LogP contribution in [0.25, 0.3) is 0 Å². The Labute approximate surface area is 103 Å². The van der Waals surface area contributed by atoms with E-state index in [1.54, 1.807) is 4.90 Å². The Bertz CT molecular complexity index is 255. The number of carbonyl (C=O) groups is 2. The Morgan fingerprint density at radius 3 is 2.18 bits per heavy atom. The monoisotopic (exact) mass is 241 g/mol. The zero-order valence-corrected chi connectivity index (χ0v) is 10.9. The van der Waals surface area contributed by atoms with Crippen molar-refractivity contribution in [2.24, 2.45) is 5.92 Å². The van der Waals surface area contributed by atoms with Crippen LogP contribution in [0.2, 0.25) is 0 Å². The van der Waals surface area contributed by atoms with E-state index in [2.05, 4.69) is 0 Å². The molecule has 0 aliphatic heterocycles. The van der Waals surface area contributed by atoms with Crippen molar-refractivity contribution in [3.63, 3.8) is 0 Å². The molecule has 4 nitrogen and oxygen atoms in total. The van der Waals surface area contributed by atoms with Crippen molar-refractivity contribution in [3.8, 4) is 0 Å². The van der Waals surface area contributed by atoms with E-state index in [0.717, 1.165) is 45.2 Å². The fraction of sp³-hybridized carbons (Fsp3) is 0.846. The number of esters is 1. The highest BCUT2D eigenvalue weighted by atomic mass is 16.5. The maximum Gasteiger partial charge on any atom is 0.309 e. The van der Waals surface area contributed by atoms with Gasteiger partial charge >= 0.3 is 5.97 Å². The Morgan fingerprint density at radius 2 is 1.76 bits per heavy atom. The van der Waals surface area contributed by atoms with Gasteiger partial charge in [-0.1, -0.05) is 20.3 Å². The van der Waals surface area contributed by atoms with Crippen molar-refractivity contribution in [3.05, 3.63) is 0 Å². The predicted octanol–water partition coefficient (Wildman–Crippen LogP) is 1.98. The molecule has 0 bridgehead atoms. The fourth-order valence-corrected chi connectivity index (χ4v) is 1.89. The first kappa shape index (κ1) is 14.0. The third-order valence-corrected chi connectivity index (χ3v) is 3.12. The molecule has 17 heavy (non-hydrogen) atoms. The van der Waals surface area contributed by atoms with Crippen molar-refractivity contribution in [2.75, 3.05) is 19.7 Å². The van der Waals surface area contributed by atoms with E-state index in [1.165, 1.54) is 0 Å². The molecule has 1 fully saturated rings. The first-order valence-electron chi connectivity index (χ1n) is 6.63. The maximum atomic E-state index is 11.8. The van der Waals surface area contributed by atoms with Gasteiger partial charge in [-0.15, -0.1) is 0 Å². The molecular formula is C13H23NO3. The molecule has 4 heteroatoms. The SMILES string of the molecule is CCCN(CCC)C(=O)COC(=O)C1CCC1. The lowest BCUT2D eigenvalue weighted by Gasteiger charge is -2.25. The summed E-state index contributed by atoms with van der Waals surface area (Å²) in [6.45, 7) is 5.48. The molecule has 0 saturated heterocycles. The Kier molecular flexibility index (Phi) is 6.01. The van der Waals surface area contributed by atoms with Gasteiger partial charge in [0.15, 0.2) is 6.61 Å². The van der Waals surface area contributed by atoms with E-state index in [9.17, 15) is 9.59 Å². The number of amides is 1. The van der Waals surface area contributed by atoms with E-state index in [4.69, 9.17) is 4.74 Å². The first-order valence-corrected chi connectivity index (χ1v) is 6.63. The van der Waals surface area contributed by atoms with E-state index < -0.39 is 0 Å². The van der Waals surface area contributed by atoms with Crippen LogP contribution < -0.4 is 0 Å². The van der Waals surface area contributed by atoms with E-state index in [1.807, 2.05) is 13.8 Å². The molecule has 0 heterocycles. The van der Waals surface area contributed by atoms with Gasteiger partial charge in [0.25, 0.3) is 5.91 Å². The summed E-state index contributed by atoms with van der Waals surface area (Å²) in [6, 6.07) is 0. The first-order chi connectivity index (χ1) is 8.19. The molecule has 0 radical (unpaired) electrons. The number of nitrogens with zero attached hydrogens (tertiary/aromatic N) is 1. The van der Waals surface area contributed by atoms with Crippen LogP contribution in [-0.2, 0) is 14.3 Å². The van der Waals surface area contributed by atoms with Crippen molar-refractivity contribution in [2.45, 2.75) is 46.0 Å². The van der Waals surface area contributed by atoms with E-state index in [-0.39, 0.29) is 24.4 Å². The molecule has 1 aliphatic carbocycles. The Hall–Kier alpha value is -1.06. The minimum Gasteiger partial charge on any atom is -0.455 e. The third-order valence-electron chi connectivity index (χ3n) is 3.12. The minimum absolute atomic E-state index is 0.0496. The predicted molar refractivity (Wildman–Crippen MR) is 65.5 cm³/mol. The molecular weight excluding hydrogens is 218 g/mol. The molecule has 1 aliphatic rings.